The number of amides is 1. The summed E-state index contributed by atoms with van der Waals surface area (Å²) in [6, 6.07) is 18.2. The Balaban J connectivity index is 1.36. The van der Waals surface area contributed by atoms with E-state index in [1.165, 1.54) is 0 Å². The number of hydrogen-bond acceptors (Lipinski definition) is 8. The van der Waals surface area contributed by atoms with E-state index in [0.717, 1.165) is 31.7 Å². The maximum Gasteiger partial charge on any atom is 0.338 e. The lowest BCUT2D eigenvalue weighted by atomic mass is 9.99. The number of likely N-dealkylation sites (N-methyl/N-ethyl adjacent to an activating group) is 1. The van der Waals surface area contributed by atoms with Gasteiger partial charge in [-0.3, -0.25) is 4.79 Å². The van der Waals surface area contributed by atoms with Crippen LogP contribution in [0.4, 0.5) is 5.69 Å². The highest BCUT2D eigenvalue weighted by Gasteiger charge is 2.23. The van der Waals surface area contributed by atoms with E-state index in [9.17, 15) is 14.7 Å². The number of aromatic amines is 1. The van der Waals surface area contributed by atoms with Crippen molar-refractivity contribution in [3.05, 3.63) is 82.9 Å². The second-order valence-corrected chi connectivity index (χ2v) is 10.7. The Hall–Kier alpha value is -4.83. The van der Waals surface area contributed by atoms with Gasteiger partial charge in [0.25, 0.3) is 0 Å². The Kier molecular flexibility index (Phi) is 8.02. The number of aromatic nitrogens is 1. The van der Waals surface area contributed by atoms with Crippen LogP contribution in [0.2, 0.25) is 0 Å². The van der Waals surface area contributed by atoms with E-state index in [0.29, 0.717) is 70.1 Å². The van der Waals surface area contributed by atoms with Gasteiger partial charge in [0.2, 0.25) is 5.91 Å². The molecule has 0 aliphatic carbocycles. The minimum atomic E-state index is -0.438. The number of aliphatic imine (C=N–C) groups is 1. The largest absolute Gasteiger partial charge is 0.494 e. The second kappa shape index (κ2) is 12.2. The first kappa shape index (κ1) is 28.3. The molecule has 1 aromatic heterocycles. The molecule has 0 bridgehead atoms. The molecule has 3 aromatic carbocycles. The van der Waals surface area contributed by atoms with Gasteiger partial charge < -0.3 is 34.1 Å². The van der Waals surface area contributed by atoms with Crippen molar-refractivity contribution in [1.82, 2.24) is 14.8 Å². The van der Waals surface area contributed by atoms with Gasteiger partial charge in [0, 0.05) is 42.6 Å². The molecule has 0 unspecified atom stereocenters. The van der Waals surface area contributed by atoms with E-state index < -0.39 is 5.97 Å². The zero-order valence-electron chi connectivity index (χ0n) is 24.3. The molecular weight excluding hydrogens is 548 g/mol. The van der Waals surface area contributed by atoms with Crippen LogP contribution in [0.3, 0.4) is 0 Å². The Morgan fingerprint density at radius 2 is 1.65 bits per heavy atom. The number of hydrogen-bond donors (Lipinski definition) is 2. The van der Waals surface area contributed by atoms with Crippen LogP contribution in [0.1, 0.15) is 34.0 Å². The van der Waals surface area contributed by atoms with Crippen molar-refractivity contribution in [1.29, 1.82) is 0 Å². The van der Waals surface area contributed by atoms with Crippen molar-refractivity contribution in [3.8, 4) is 17.4 Å². The number of ether oxygens (including phenoxy) is 3. The van der Waals surface area contributed by atoms with E-state index >= 15 is 0 Å². The molecule has 10 nitrogen and oxygen atoms in total. The third-order valence-corrected chi connectivity index (χ3v) is 7.73. The maximum absolute atomic E-state index is 12.9. The van der Waals surface area contributed by atoms with E-state index in [-0.39, 0.29) is 18.4 Å². The number of esters is 1. The van der Waals surface area contributed by atoms with Crippen LogP contribution in [-0.2, 0) is 16.0 Å². The summed E-state index contributed by atoms with van der Waals surface area (Å²) in [4.78, 5) is 37.3. The molecule has 10 heteroatoms. The number of H-pyrrole nitrogens is 1. The average molecular weight is 583 g/mol. The normalized spacial score (nSPS) is 15.5. The first-order valence-corrected chi connectivity index (χ1v) is 14.5. The molecular formula is C33H34N4O6. The van der Waals surface area contributed by atoms with Crippen LogP contribution in [0, 0.1) is 0 Å². The number of benzene rings is 3. The van der Waals surface area contributed by atoms with Crippen molar-refractivity contribution in [2.45, 2.75) is 13.3 Å². The number of nitrogens with one attached hydrogen (secondary N) is 1. The van der Waals surface area contributed by atoms with Crippen LogP contribution < -0.4 is 9.47 Å². The molecule has 222 valence electrons. The molecule has 1 fully saturated rings. The molecule has 1 saturated heterocycles. The highest BCUT2D eigenvalue weighted by molar-refractivity contribution is 6.22. The van der Waals surface area contributed by atoms with Crippen LogP contribution in [0.15, 0.2) is 65.7 Å². The quantitative estimate of drug-likeness (QED) is 0.246. The smallest absolute Gasteiger partial charge is 0.338 e. The molecule has 0 radical (unpaired) electrons. The molecule has 2 aliphatic rings. The first-order valence-electron chi connectivity index (χ1n) is 14.5. The number of carbonyl (C=O) groups is 2. The van der Waals surface area contributed by atoms with Crippen LogP contribution in [-0.4, -0.2) is 90.5 Å². The third-order valence-electron chi connectivity index (χ3n) is 7.73. The fraction of sp³-hybridized carbons (Fsp3) is 0.303. The van der Waals surface area contributed by atoms with E-state index in [1.54, 1.807) is 25.1 Å². The van der Waals surface area contributed by atoms with E-state index in [1.807, 2.05) is 47.4 Å². The van der Waals surface area contributed by atoms with Gasteiger partial charge in [0.1, 0.15) is 13.2 Å². The molecule has 3 heterocycles. The van der Waals surface area contributed by atoms with Gasteiger partial charge in [0.05, 0.1) is 35.6 Å². The van der Waals surface area contributed by atoms with Crippen molar-refractivity contribution in [3.63, 3.8) is 0 Å². The number of nitrogens with zero attached hydrogens (tertiary/aromatic N) is 3. The van der Waals surface area contributed by atoms with Crippen molar-refractivity contribution < 1.29 is 28.9 Å². The van der Waals surface area contributed by atoms with Gasteiger partial charge in [0.15, 0.2) is 17.4 Å². The molecule has 43 heavy (non-hydrogen) atoms. The Morgan fingerprint density at radius 1 is 0.930 bits per heavy atom. The summed E-state index contributed by atoms with van der Waals surface area (Å²) in [6.45, 7) is 6.18. The second-order valence-electron chi connectivity index (χ2n) is 10.7. The lowest BCUT2D eigenvalue weighted by Gasteiger charge is -2.32. The summed E-state index contributed by atoms with van der Waals surface area (Å²) < 4.78 is 16.7. The fourth-order valence-corrected chi connectivity index (χ4v) is 5.38. The number of fused-ring (bicyclic) bond motifs is 2. The number of piperazine rings is 1. The Labute approximate surface area is 249 Å². The fourth-order valence-electron chi connectivity index (χ4n) is 5.38. The third kappa shape index (κ3) is 6.05. The lowest BCUT2D eigenvalue weighted by molar-refractivity contribution is -0.132. The molecule has 0 saturated carbocycles. The summed E-state index contributed by atoms with van der Waals surface area (Å²) >= 11 is 0. The minimum absolute atomic E-state index is 0.0842. The summed E-state index contributed by atoms with van der Waals surface area (Å²) in [5, 5.41) is 11.8. The van der Waals surface area contributed by atoms with Crippen molar-refractivity contribution in [2.75, 3.05) is 53.0 Å². The molecule has 4 aromatic rings. The van der Waals surface area contributed by atoms with Gasteiger partial charge in [-0.25, -0.2) is 9.79 Å². The summed E-state index contributed by atoms with van der Waals surface area (Å²) in [5.41, 5.74) is 4.21. The predicted octanol–water partition coefficient (Wildman–Crippen LogP) is 4.31. The van der Waals surface area contributed by atoms with E-state index in [2.05, 4.69) is 16.9 Å². The van der Waals surface area contributed by atoms with Gasteiger partial charge >= 0.3 is 5.97 Å². The van der Waals surface area contributed by atoms with Crippen LogP contribution in [0.5, 0.6) is 17.4 Å². The predicted molar refractivity (Wildman–Crippen MR) is 163 cm³/mol. The Morgan fingerprint density at radius 3 is 2.40 bits per heavy atom. The molecule has 2 N–H and O–H groups in total. The molecule has 6 rings (SSSR count). The van der Waals surface area contributed by atoms with Gasteiger partial charge in [-0.1, -0.05) is 18.2 Å². The maximum atomic E-state index is 12.9. The molecule has 1 amide bonds. The van der Waals surface area contributed by atoms with Gasteiger partial charge in [-0.2, -0.15) is 0 Å². The SMILES string of the molecule is CCOC(=O)c1ccc2c(C(=Nc3ccc(CC(=O)N4CCN(C)CC4)cc3)c3ccc4c(c3)OCCO4)c(O)[nH]c2c1. The summed E-state index contributed by atoms with van der Waals surface area (Å²) in [6.07, 6.45) is 0.328. The highest BCUT2D eigenvalue weighted by atomic mass is 16.6. The van der Waals surface area contributed by atoms with Crippen LogP contribution in [0.25, 0.3) is 10.9 Å². The zero-order valence-corrected chi connectivity index (χ0v) is 24.3. The van der Waals surface area contributed by atoms with Crippen LogP contribution >= 0.6 is 0 Å². The Bertz CT molecular complexity index is 1690. The van der Waals surface area contributed by atoms with E-state index in [4.69, 9.17) is 19.2 Å². The summed E-state index contributed by atoms with van der Waals surface area (Å²) in [5.74, 6) is 0.835. The zero-order chi connectivity index (χ0) is 29.9. The summed E-state index contributed by atoms with van der Waals surface area (Å²) in [7, 11) is 2.07. The molecule has 0 spiro atoms. The average Bonchev–Trinajstić information content (AvgIpc) is 3.35. The number of rotatable bonds is 7. The first-order chi connectivity index (χ1) is 20.9. The van der Waals surface area contributed by atoms with Gasteiger partial charge in [-0.05, 0) is 62.0 Å². The topological polar surface area (TPSA) is 117 Å². The highest BCUT2D eigenvalue weighted by Crippen LogP contribution is 2.36. The lowest BCUT2D eigenvalue weighted by Crippen LogP contribution is -2.47. The molecule has 2 aliphatic heterocycles. The van der Waals surface area contributed by atoms with Gasteiger partial charge in [-0.15, -0.1) is 0 Å². The monoisotopic (exact) mass is 582 g/mol. The number of aromatic hydroxyl groups is 1. The van der Waals surface area contributed by atoms with Crippen molar-refractivity contribution >= 4 is 34.2 Å². The minimum Gasteiger partial charge on any atom is -0.494 e. The standard InChI is InChI=1S/C33H34N4O6/c1-3-41-33(40)23-6-10-25-26(19-23)35-32(39)30(25)31(22-7-11-27-28(20-22)43-17-16-42-27)34-24-8-4-21(5-9-24)18-29(38)37-14-12-36(2)13-15-37/h4-11,19-20,35,39H,3,12-18H2,1-2H3. The molecule has 0 atom stereocenters. The number of carbonyl (C=O) groups excluding carboxylic acids is 2. The van der Waals surface area contributed by atoms with Crippen molar-refractivity contribution in [2.24, 2.45) is 4.99 Å².